The molecule has 0 bridgehead atoms. The van der Waals surface area contributed by atoms with Crippen LogP contribution in [-0.2, 0) is 12.0 Å². The van der Waals surface area contributed by atoms with Crippen molar-refractivity contribution in [2.75, 3.05) is 27.3 Å². The van der Waals surface area contributed by atoms with Gasteiger partial charge in [-0.2, -0.15) is 0 Å². The first kappa shape index (κ1) is 18.3. The number of methoxy groups -OCH3 is 2. The number of fused-ring (bicyclic) bond motifs is 2. The number of benzene rings is 2. The summed E-state index contributed by atoms with van der Waals surface area (Å²) >= 11 is 0. The highest BCUT2D eigenvalue weighted by atomic mass is 16.5. The van der Waals surface area contributed by atoms with E-state index in [1.54, 1.807) is 14.2 Å². The largest absolute Gasteiger partial charge is 0.493 e. The van der Waals surface area contributed by atoms with Crippen LogP contribution in [-0.4, -0.2) is 38.5 Å². The van der Waals surface area contributed by atoms with E-state index in [-0.39, 0.29) is 11.5 Å². The van der Waals surface area contributed by atoms with Crippen molar-refractivity contribution in [2.24, 2.45) is 0 Å². The van der Waals surface area contributed by atoms with Crippen LogP contribution in [0.4, 0.5) is 0 Å². The van der Waals surface area contributed by atoms with Gasteiger partial charge in [-0.15, -0.1) is 0 Å². The van der Waals surface area contributed by atoms with Crippen molar-refractivity contribution in [2.45, 2.75) is 36.9 Å². The smallest absolute Gasteiger partial charge is 0.161 e. The summed E-state index contributed by atoms with van der Waals surface area (Å²) in [5.74, 6) is 1.44. The third kappa shape index (κ3) is 3.10. The van der Waals surface area contributed by atoms with Crippen molar-refractivity contribution < 1.29 is 14.6 Å². The standard InChI is InChI=1S/C22H28N2O3/c1-26-18-8-7-15(13-19(18)27-2)14-24-20-16-5-3-4-6-17(16)22(21(20)25)9-11-23-12-10-22/h3-8,13,20-21,23-25H,9-12,14H2,1-2H3/t20-,21+/m1/s1. The Bertz CT molecular complexity index is 802. The van der Waals surface area contributed by atoms with Crippen LogP contribution >= 0.6 is 0 Å². The summed E-state index contributed by atoms with van der Waals surface area (Å²) in [7, 11) is 3.28. The summed E-state index contributed by atoms with van der Waals surface area (Å²) in [6.07, 6.45) is 1.52. The lowest BCUT2D eigenvalue weighted by Gasteiger charge is -2.39. The van der Waals surface area contributed by atoms with Gasteiger partial charge in [0.2, 0.25) is 0 Å². The maximum Gasteiger partial charge on any atom is 0.161 e. The summed E-state index contributed by atoms with van der Waals surface area (Å²) in [6.45, 7) is 2.56. The minimum absolute atomic E-state index is 0.0626. The Morgan fingerprint density at radius 2 is 1.81 bits per heavy atom. The van der Waals surface area contributed by atoms with Crippen LogP contribution < -0.4 is 20.1 Å². The topological polar surface area (TPSA) is 62.8 Å². The number of ether oxygens (including phenoxy) is 2. The van der Waals surface area contributed by atoms with Gasteiger partial charge in [0.05, 0.1) is 26.4 Å². The van der Waals surface area contributed by atoms with Crippen molar-refractivity contribution >= 4 is 0 Å². The van der Waals surface area contributed by atoms with E-state index in [0.29, 0.717) is 6.54 Å². The van der Waals surface area contributed by atoms with E-state index in [2.05, 4.69) is 34.9 Å². The van der Waals surface area contributed by atoms with Crippen molar-refractivity contribution in [3.8, 4) is 11.5 Å². The third-order valence-corrected chi connectivity index (χ3v) is 6.18. The zero-order valence-electron chi connectivity index (χ0n) is 16.0. The Balaban J connectivity index is 1.57. The van der Waals surface area contributed by atoms with Gasteiger partial charge >= 0.3 is 0 Å². The summed E-state index contributed by atoms with van der Waals surface area (Å²) in [6, 6.07) is 14.4. The van der Waals surface area contributed by atoms with Gasteiger partial charge in [-0.05, 0) is 54.8 Å². The Hall–Kier alpha value is -2.08. The van der Waals surface area contributed by atoms with E-state index >= 15 is 0 Å². The number of hydrogen-bond acceptors (Lipinski definition) is 5. The van der Waals surface area contributed by atoms with E-state index in [4.69, 9.17) is 9.47 Å². The first-order valence-electron chi connectivity index (χ1n) is 9.62. The SMILES string of the molecule is COc1ccc(CN[C@@H]2c3ccccc3C3(CCNCC3)[C@H]2O)cc1OC. The average molecular weight is 368 g/mol. The summed E-state index contributed by atoms with van der Waals surface area (Å²) in [5.41, 5.74) is 3.50. The van der Waals surface area contributed by atoms with Gasteiger partial charge in [-0.1, -0.05) is 30.3 Å². The molecule has 0 saturated carbocycles. The monoisotopic (exact) mass is 368 g/mol. The van der Waals surface area contributed by atoms with Gasteiger partial charge in [0.25, 0.3) is 0 Å². The second-order valence-electron chi connectivity index (χ2n) is 7.49. The second-order valence-corrected chi connectivity index (χ2v) is 7.49. The Morgan fingerprint density at radius 3 is 2.56 bits per heavy atom. The molecular weight excluding hydrogens is 340 g/mol. The molecule has 144 valence electrons. The van der Waals surface area contributed by atoms with Crippen molar-refractivity contribution in [1.29, 1.82) is 0 Å². The van der Waals surface area contributed by atoms with Crippen LogP contribution in [0.3, 0.4) is 0 Å². The maximum absolute atomic E-state index is 11.3. The molecule has 0 amide bonds. The van der Waals surface area contributed by atoms with Crippen molar-refractivity contribution in [3.63, 3.8) is 0 Å². The predicted octanol–water partition coefficient (Wildman–Crippen LogP) is 2.53. The minimum Gasteiger partial charge on any atom is -0.493 e. The van der Waals surface area contributed by atoms with Crippen molar-refractivity contribution in [1.82, 2.24) is 10.6 Å². The highest BCUT2D eigenvalue weighted by molar-refractivity contribution is 5.46. The minimum atomic E-state index is -0.419. The zero-order chi connectivity index (χ0) is 18.9. The van der Waals surface area contributed by atoms with Gasteiger partial charge in [0, 0.05) is 12.0 Å². The van der Waals surface area contributed by atoms with Crippen LogP contribution in [0.1, 0.15) is 35.6 Å². The van der Waals surface area contributed by atoms with E-state index < -0.39 is 6.10 Å². The molecule has 1 saturated heterocycles. The molecule has 2 aliphatic rings. The van der Waals surface area contributed by atoms with Crippen molar-refractivity contribution in [3.05, 3.63) is 59.2 Å². The van der Waals surface area contributed by atoms with E-state index in [1.165, 1.54) is 11.1 Å². The quantitative estimate of drug-likeness (QED) is 0.757. The lowest BCUT2D eigenvalue weighted by atomic mass is 9.72. The molecule has 1 heterocycles. The van der Waals surface area contributed by atoms with Gasteiger partial charge in [0.1, 0.15) is 0 Å². The molecule has 2 atom stereocenters. The zero-order valence-corrected chi connectivity index (χ0v) is 16.0. The molecule has 5 heteroatoms. The molecule has 0 radical (unpaired) electrons. The van der Waals surface area contributed by atoms with Gasteiger partial charge in [0.15, 0.2) is 11.5 Å². The van der Waals surface area contributed by atoms with Gasteiger partial charge < -0.3 is 25.2 Å². The highest BCUT2D eigenvalue weighted by Crippen LogP contribution is 2.50. The molecular formula is C22H28N2O3. The molecule has 1 aliphatic heterocycles. The molecule has 1 spiro atoms. The molecule has 0 aromatic heterocycles. The van der Waals surface area contributed by atoms with Gasteiger partial charge in [-0.25, -0.2) is 0 Å². The fraction of sp³-hybridized carbons (Fsp3) is 0.455. The predicted molar refractivity (Wildman–Crippen MR) is 105 cm³/mol. The summed E-state index contributed by atoms with van der Waals surface area (Å²) in [4.78, 5) is 0. The first-order valence-corrected chi connectivity index (χ1v) is 9.62. The fourth-order valence-electron chi connectivity index (χ4n) is 4.75. The molecule has 27 heavy (non-hydrogen) atoms. The average Bonchev–Trinajstić information content (AvgIpc) is 2.95. The van der Waals surface area contributed by atoms with E-state index in [0.717, 1.165) is 43.0 Å². The molecule has 4 rings (SSSR count). The number of hydrogen-bond donors (Lipinski definition) is 3. The van der Waals surface area contributed by atoms with Crippen LogP contribution in [0.2, 0.25) is 0 Å². The Kier molecular flexibility index (Phi) is 5.08. The Morgan fingerprint density at radius 1 is 1.07 bits per heavy atom. The molecule has 3 N–H and O–H groups in total. The molecule has 2 aromatic rings. The number of aliphatic hydroxyl groups excluding tert-OH is 1. The number of piperidine rings is 1. The van der Waals surface area contributed by atoms with Crippen LogP contribution in [0.5, 0.6) is 11.5 Å². The molecule has 1 aliphatic carbocycles. The maximum atomic E-state index is 11.3. The number of rotatable bonds is 5. The normalized spacial score (nSPS) is 23.2. The fourth-order valence-corrected chi connectivity index (χ4v) is 4.75. The van der Waals surface area contributed by atoms with Gasteiger partial charge in [-0.3, -0.25) is 0 Å². The molecule has 1 fully saturated rings. The number of nitrogens with one attached hydrogen (secondary N) is 2. The molecule has 5 nitrogen and oxygen atoms in total. The lowest BCUT2D eigenvalue weighted by molar-refractivity contribution is 0.0438. The van der Waals surface area contributed by atoms with Crippen LogP contribution in [0.15, 0.2) is 42.5 Å². The highest BCUT2D eigenvalue weighted by Gasteiger charge is 2.51. The Labute approximate surface area is 160 Å². The summed E-state index contributed by atoms with van der Waals surface area (Å²) in [5, 5.41) is 18.3. The van der Waals surface area contributed by atoms with E-state index in [1.807, 2.05) is 18.2 Å². The molecule has 0 unspecified atom stereocenters. The lowest BCUT2D eigenvalue weighted by Crippen LogP contribution is -2.47. The third-order valence-electron chi connectivity index (χ3n) is 6.18. The van der Waals surface area contributed by atoms with Crippen LogP contribution in [0.25, 0.3) is 0 Å². The second kappa shape index (κ2) is 7.50. The van der Waals surface area contributed by atoms with Crippen LogP contribution in [0, 0.1) is 0 Å². The molecule has 2 aromatic carbocycles. The van der Waals surface area contributed by atoms with E-state index in [9.17, 15) is 5.11 Å². The number of aliphatic hydroxyl groups is 1. The summed E-state index contributed by atoms with van der Waals surface area (Å²) < 4.78 is 10.7. The first-order chi connectivity index (χ1) is 13.2.